The molecule has 1 aliphatic rings. The van der Waals surface area contributed by atoms with E-state index in [2.05, 4.69) is 5.09 Å². The molecule has 320 valence electrons. The van der Waals surface area contributed by atoms with E-state index in [-0.39, 0.29) is 25.6 Å². The van der Waals surface area contributed by atoms with Gasteiger partial charge in [0, 0.05) is 11.8 Å². The topological polar surface area (TPSA) is 215 Å². The van der Waals surface area contributed by atoms with Crippen molar-refractivity contribution in [2.24, 2.45) is 22.7 Å². The second-order valence-electron chi connectivity index (χ2n) is 15.6. The molecule has 4 rings (SSSR count). The highest BCUT2D eigenvalue weighted by Crippen LogP contribution is 2.54. The van der Waals surface area contributed by atoms with Crippen molar-refractivity contribution in [3.8, 4) is 11.8 Å². The number of benzene rings is 3. The number of nitrogens with one attached hydrogen (secondary N) is 1. The number of para-hydroxylation sites is 1. The number of esters is 2. The van der Waals surface area contributed by atoms with E-state index in [9.17, 15) is 33.9 Å². The van der Waals surface area contributed by atoms with Crippen molar-refractivity contribution >= 4 is 33.5 Å². The van der Waals surface area contributed by atoms with Gasteiger partial charge in [0.2, 0.25) is 6.79 Å². The SMILES string of the molecule is C[C@H](NP(=O)(OCOC(=O)C(C)(C)C1C(C#N)OCC1C(C)(C)C(=O)O)Oc1ccccc1)C(=O)OCC(C)(C)OP(=O)(OCc1ccccc1)OCc1ccccc1. The Bertz CT molecular complexity index is 1960. The van der Waals surface area contributed by atoms with Gasteiger partial charge in [-0.25, -0.2) is 13.7 Å². The summed E-state index contributed by atoms with van der Waals surface area (Å²) in [5.74, 6) is -4.48. The highest BCUT2D eigenvalue weighted by atomic mass is 31.2. The summed E-state index contributed by atoms with van der Waals surface area (Å²) < 4.78 is 73.0. The van der Waals surface area contributed by atoms with Crippen LogP contribution >= 0.6 is 15.6 Å². The molecule has 16 nitrogen and oxygen atoms in total. The van der Waals surface area contributed by atoms with Gasteiger partial charge in [0.15, 0.2) is 0 Å². The van der Waals surface area contributed by atoms with Gasteiger partial charge in [-0.1, -0.05) is 78.9 Å². The van der Waals surface area contributed by atoms with Crippen LogP contribution in [0.25, 0.3) is 0 Å². The molecule has 18 heteroatoms. The molecule has 3 aromatic rings. The van der Waals surface area contributed by atoms with E-state index in [4.69, 9.17) is 36.8 Å². The van der Waals surface area contributed by atoms with Crippen LogP contribution in [0.15, 0.2) is 91.0 Å². The van der Waals surface area contributed by atoms with Crippen LogP contribution in [0.2, 0.25) is 0 Å². The number of ether oxygens (including phenoxy) is 3. The Hall–Kier alpha value is -4.42. The normalized spacial score (nSPS) is 18.8. The molecule has 0 saturated carbocycles. The molecular formula is C41H52N2O14P2. The van der Waals surface area contributed by atoms with Crippen LogP contribution < -0.4 is 9.61 Å². The molecule has 0 spiro atoms. The maximum Gasteiger partial charge on any atom is 0.476 e. The molecule has 2 N–H and O–H groups in total. The fraction of sp³-hybridized carbons (Fsp3) is 0.463. The molecule has 59 heavy (non-hydrogen) atoms. The lowest BCUT2D eigenvalue weighted by molar-refractivity contribution is -0.169. The number of carbonyl (C=O) groups excluding carboxylic acids is 2. The monoisotopic (exact) mass is 858 g/mol. The zero-order chi connectivity index (χ0) is 43.5. The van der Waals surface area contributed by atoms with Crippen LogP contribution in [0.5, 0.6) is 5.75 Å². The number of carbonyl (C=O) groups is 3. The minimum Gasteiger partial charge on any atom is -0.481 e. The van der Waals surface area contributed by atoms with Crippen LogP contribution in [0.1, 0.15) is 59.6 Å². The molecule has 1 saturated heterocycles. The second-order valence-corrected chi connectivity index (χ2v) is 18.9. The van der Waals surface area contributed by atoms with E-state index in [1.807, 2.05) is 18.2 Å². The minimum atomic E-state index is -4.53. The predicted octanol–water partition coefficient (Wildman–Crippen LogP) is 7.84. The first-order valence-electron chi connectivity index (χ1n) is 18.7. The maximum absolute atomic E-state index is 14.1. The van der Waals surface area contributed by atoms with Crippen LogP contribution in [-0.4, -0.2) is 60.8 Å². The molecule has 0 aliphatic carbocycles. The Morgan fingerprint density at radius 2 is 1.36 bits per heavy atom. The Balaban J connectivity index is 1.42. The van der Waals surface area contributed by atoms with Crippen molar-refractivity contribution in [1.82, 2.24) is 5.09 Å². The van der Waals surface area contributed by atoms with E-state index >= 15 is 0 Å². The smallest absolute Gasteiger partial charge is 0.476 e. The van der Waals surface area contributed by atoms with Crippen molar-refractivity contribution in [1.29, 1.82) is 5.26 Å². The second kappa shape index (κ2) is 20.2. The molecule has 3 aromatic carbocycles. The Morgan fingerprint density at radius 3 is 1.86 bits per heavy atom. The number of rotatable bonds is 22. The molecular weight excluding hydrogens is 806 g/mol. The number of carboxylic acid groups (broad SMARTS) is 1. The fourth-order valence-corrected chi connectivity index (χ4v) is 8.96. The van der Waals surface area contributed by atoms with E-state index in [1.165, 1.54) is 60.6 Å². The van der Waals surface area contributed by atoms with E-state index in [0.29, 0.717) is 0 Å². The molecule has 1 fully saturated rings. The zero-order valence-electron chi connectivity index (χ0n) is 34.1. The standard InChI is InChI=1S/C41H52N2O14P2/c1-29(36(44)51-27-39(2,3)57-59(49,53-24-30-17-11-8-12-18-30)54-25-31-19-13-9-14-20-31)43-58(48,56-32-21-15-10-16-22-32)55-28-52-38(47)41(6,7)35-33(26-50-34(35)23-42)40(4,5)37(45)46/h8-22,29,33-35H,24-28H2,1-7H3,(H,43,48)(H,45,46)/t29-,33?,34?,35?,58?/m0/s1. The Morgan fingerprint density at radius 1 is 0.831 bits per heavy atom. The van der Waals surface area contributed by atoms with Crippen molar-refractivity contribution in [3.05, 3.63) is 102 Å². The largest absolute Gasteiger partial charge is 0.481 e. The number of nitrogens with zero attached hydrogens (tertiary/aromatic N) is 1. The number of nitriles is 1. The highest BCUT2D eigenvalue weighted by molar-refractivity contribution is 7.52. The minimum absolute atomic E-state index is 0.0693. The maximum atomic E-state index is 14.1. The lowest BCUT2D eigenvalue weighted by Gasteiger charge is -2.38. The lowest BCUT2D eigenvalue weighted by Crippen LogP contribution is -2.47. The van der Waals surface area contributed by atoms with Crippen molar-refractivity contribution in [3.63, 3.8) is 0 Å². The van der Waals surface area contributed by atoms with Crippen molar-refractivity contribution < 1.29 is 65.4 Å². The number of hydrogen-bond donors (Lipinski definition) is 2. The van der Waals surface area contributed by atoms with Crippen molar-refractivity contribution in [2.45, 2.75) is 79.4 Å². The molecule has 0 radical (unpaired) electrons. The summed E-state index contributed by atoms with van der Waals surface area (Å²) in [6, 6.07) is 26.5. The third-order valence-electron chi connectivity index (χ3n) is 9.65. The van der Waals surface area contributed by atoms with Gasteiger partial charge in [-0.05, 0) is 71.7 Å². The first-order valence-corrected chi connectivity index (χ1v) is 21.7. The number of hydrogen-bond acceptors (Lipinski definition) is 14. The summed E-state index contributed by atoms with van der Waals surface area (Å²) in [4.78, 5) is 39.0. The molecule has 0 amide bonds. The van der Waals surface area contributed by atoms with Crippen molar-refractivity contribution in [2.75, 3.05) is 20.0 Å². The fourth-order valence-electron chi connectivity index (χ4n) is 6.16. The number of carboxylic acids is 1. The molecule has 1 aliphatic heterocycles. The van der Waals surface area contributed by atoms with Gasteiger partial charge in [-0.3, -0.25) is 28.0 Å². The Labute approximate surface area is 344 Å². The number of phosphoric ester groups is 1. The first-order chi connectivity index (χ1) is 27.7. The molecule has 4 unspecified atom stereocenters. The van der Waals surface area contributed by atoms with Crippen LogP contribution in [0.3, 0.4) is 0 Å². The van der Waals surface area contributed by atoms with Crippen LogP contribution in [-0.2, 0) is 69.0 Å². The average molecular weight is 859 g/mol. The van der Waals surface area contributed by atoms with Gasteiger partial charge in [0.05, 0.1) is 36.7 Å². The van der Waals surface area contributed by atoms with E-state index < -0.39 is 87.3 Å². The molecule has 0 bridgehead atoms. The van der Waals surface area contributed by atoms with Gasteiger partial charge in [-0.2, -0.15) is 10.3 Å². The van der Waals surface area contributed by atoms with Crippen LogP contribution in [0.4, 0.5) is 0 Å². The summed E-state index contributed by atoms with van der Waals surface area (Å²) in [7, 11) is -8.80. The summed E-state index contributed by atoms with van der Waals surface area (Å²) in [5.41, 5.74) is -2.81. The quantitative estimate of drug-likeness (QED) is 0.0559. The lowest BCUT2D eigenvalue weighted by atomic mass is 9.62. The average Bonchev–Trinajstić information content (AvgIpc) is 3.66. The molecule has 0 aromatic heterocycles. The van der Waals surface area contributed by atoms with E-state index in [0.717, 1.165) is 11.1 Å². The number of aliphatic carboxylic acids is 1. The number of phosphoric acid groups is 1. The zero-order valence-corrected chi connectivity index (χ0v) is 35.9. The highest BCUT2D eigenvalue weighted by Gasteiger charge is 2.57. The Kier molecular flexibility index (Phi) is 16.2. The van der Waals surface area contributed by atoms with E-state index in [1.54, 1.807) is 66.7 Å². The summed E-state index contributed by atoms with van der Waals surface area (Å²) >= 11 is 0. The third kappa shape index (κ3) is 13.3. The van der Waals surface area contributed by atoms with Gasteiger partial charge in [0.1, 0.15) is 30.1 Å². The first kappa shape index (κ1) is 47.3. The predicted molar refractivity (Wildman–Crippen MR) is 213 cm³/mol. The summed E-state index contributed by atoms with van der Waals surface area (Å²) in [5, 5.41) is 22.2. The van der Waals surface area contributed by atoms with Gasteiger partial charge < -0.3 is 23.8 Å². The molecule has 1 heterocycles. The van der Waals surface area contributed by atoms with Gasteiger partial charge in [0.25, 0.3) is 0 Å². The third-order valence-corrected chi connectivity index (χ3v) is 12.9. The molecule has 5 atom stereocenters. The summed E-state index contributed by atoms with van der Waals surface area (Å²) in [6.07, 6.45) is -1.10. The van der Waals surface area contributed by atoms with Gasteiger partial charge in [-0.15, -0.1) is 0 Å². The summed E-state index contributed by atoms with van der Waals surface area (Å²) in [6.45, 7) is 8.72. The van der Waals surface area contributed by atoms with Crippen LogP contribution in [0, 0.1) is 34.0 Å². The van der Waals surface area contributed by atoms with Gasteiger partial charge >= 0.3 is 33.5 Å².